The molecule has 1 N–H and O–H groups in total. The molecule has 1 aromatic carbocycles. The van der Waals surface area contributed by atoms with E-state index in [2.05, 4.69) is 11.8 Å². The van der Waals surface area contributed by atoms with Crippen molar-refractivity contribution >= 4 is 11.7 Å². The van der Waals surface area contributed by atoms with Crippen LogP contribution in [0.2, 0.25) is 0 Å². The highest BCUT2D eigenvalue weighted by molar-refractivity contribution is 5.89. The molecule has 1 atom stereocenters. The summed E-state index contributed by atoms with van der Waals surface area (Å²) >= 11 is 0. The average molecular weight is 261 g/mol. The first-order valence-corrected chi connectivity index (χ1v) is 7.24. The molecule has 1 aromatic rings. The molecule has 19 heavy (non-hydrogen) atoms. The molecule has 0 bridgehead atoms. The maximum Gasteiger partial charge on any atom is 0.335 e. The zero-order valence-corrected chi connectivity index (χ0v) is 11.9. The number of rotatable bonds is 3. The van der Waals surface area contributed by atoms with Crippen LogP contribution in [0.25, 0.3) is 0 Å². The molecule has 1 saturated heterocycles. The summed E-state index contributed by atoms with van der Waals surface area (Å²) in [5.74, 6) is -0.841. The molecule has 0 aliphatic carbocycles. The number of carboxylic acid groups (broad SMARTS) is 1. The summed E-state index contributed by atoms with van der Waals surface area (Å²) in [5.41, 5.74) is 2.44. The predicted molar refractivity (Wildman–Crippen MR) is 78.0 cm³/mol. The fourth-order valence-electron chi connectivity index (χ4n) is 3.01. The van der Waals surface area contributed by atoms with Crippen LogP contribution in [0.5, 0.6) is 0 Å². The van der Waals surface area contributed by atoms with Crippen LogP contribution in [0.1, 0.15) is 54.9 Å². The van der Waals surface area contributed by atoms with E-state index in [0.717, 1.165) is 18.5 Å². The highest BCUT2D eigenvalue weighted by Crippen LogP contribution is 2.27. The van der Waals surface area contributed by atoms with E-state index in [1.165, 1.54) is 31.4 Å². The lowest BCUT2D eigenvalue weighted by atomic mass is 10.0. The second-order valence-electron chi connectivity index (χ2n) is 5.41. The fraction of sp³-hybridized carbons (Fsp3) is 0.562. The SMILES string of the molecule is CCC1CCCCCN1c1ccc(C(=O)O)c(C)c1. The maximum atomic E-state index is 11.1. The lowest BCUT2D eigenvalue weighted by molar-refractivity contribution is 0.0696. The number of benzene rings is 1. The maximum absolute atomic E-state index is 11.1. The standard InChI is InChI=1S/C16H23NO2/c1-3-13-7-5-4-6-10-17(13)14-8-9-15(16(18)19)12(2)11-14/h8-9,11,13H,3-7,10H2,1-2H3,(H,18,19). The summed E-state index contributed by atoms with van der Waals surface area (Å²) in [6.45, 7) is 5.21. The van der Waals surface area contributed by atoms with Gasteiger partial charge in [-0.25, -0.2) is 4.79 Å². The van der Waals surface area contributed by atoms with Crippen molar-refractivity contribution in [1.29, 1.82) is 0 Å². The van der Waals surface area contributed by atoms with Gasteiger partial charge in [0.1, 0.15) is 0 Å². The Hall–Kier alpha value is -1.51. The van der Waals surface area contributed by atoms with Crippen LogP contribution >= 0.6 is 0 Å². The lowest BCUT2D eigenvalue weighted by Gasteiger charge is -2.32. The van der Waals surface area contributed by atoms with E-state index in [4.69, 9.17) is 5.11 Å². The highest BCUT2D eigenvalue weighted by atomic mass is 16.4. The van der Waals surface area contributed by atoms with Gasteiger partial charge in [0.05, 0.1) is 5.56 Å². The van der Waals surface area contributed by atoms with Gasteiger partial charge in [0, 0.05) is 18.3 Å². The van der Waals surface area contributed by atoms with E-state index < -0.39 is 5.97 Å². The Balaban J connectivity index is 2.28. The minimum atomic E-state index is -0.841. The molecular weight excluding hydrogens is 238 g/mol. The largest absolute Gasteiger partial charge is 0.478 e. The Labute approximate surface area is 115 Å². The molecule has 0 radical (unpaired) electrons. The number of hydrogen-bond donors (Lipinski definition) is 1. The van der Waals surface area contributed by atoms with Crippen molar-refractivity contribution in [3.63, 3.8) is 0 Å². The highest BCUT2D eigenvalue weighted by Gasteiger charge is 2.20. The molecule has 104 valence electrons. The average Bonchev–Trinajstić information content (AvgIpc) is 2.63. The molecule has 2 rings (SSSR count). The first kappa shape index (κ1) is 13.9. The van der Waals surface area contributed by atoms with Gasteiger partial charge in [-0.3, -0.25) is 0 Å². The van der Waals surface area contributed by atoms with Gasteiger partial charge in [0.15, 0.2) is 0 Å². The Morgan fingerprint density at radius 1 is 1.37 bits per heavy atom. The molecule has 3 nitrogen and oxygen atoms in total. The van der Waals surface area contributed by atoms with Gasteiger partial charge in [-0.05, 0) is 49.9 Å². The van der Waals surface area contributed by atoms with Gasteiger partial charge in [0.25, 0.3) is 0 Å². The Morgan fingerprint density at radius 2 is 2.16 bits per heavy atom. The van der Waals surface area contributed by atoms with Crippen LogP contribution in [0, 0.1) is 6.92 Å². The molecule has 0 saturated carbocycles. The molecule has 0 aromatic heterocycles. The monoisotopic (exact) mass is 261 g/mol. The van der Waals surface area contributed by atoms with Crippen LogP contribution in [-0.4, -0.2) is 23.7 Å². The Morgan fingerprint density at radius 3 is 2.79 bits per heavy atom. The summed E-state index contributed by atoms with van der Waals surface area (Å²) in [5, 5.41) is 9.10. The zero-order chi connectivity index (χ0) is 13.8. The molecule has 0 spiro atoms. The fourth-order valence-corrected chi connectivity index (χ4v) is 3.01. The predicted octanol–water partition coefficient (Wildman–Crippen LogP) is 3.85. The van der Waals surface area contributed by atoms with Gasteiger partial charge < -0.3 is 10.0 Å². The van der Waals surface area contributed by atoms with Gasteiger partial charge in [-0.2, -0.15) is 0 Å². The molecular formula is C16H23NO2. The minimum absolute atomic E-state index is 0.409. The van der Waals surface area contributed by atoms with E-state index in [-0.39, 0.29) is 0 Å². The second kappa shape index (κ2) is 6.09. The van der Waals surface area contributed by atoms with Gasteiger partial charge in [0.2, 0.25) is 0 Å². The van der Waals surface area contributed by atoms with Crippen molar-refractivity contribution in [1.82, 2.24) is 0 Å². The number of aryl methyl sites for hydroxylation is 1. The Bertz CT molecular complexity index is 456. The van der Waals surface area contributed by atoms with E-state index in [1.54, 1.807) is 6.07 Å². The Kier molecular flexibility index (Phi) is 4.46. The first-order valence-electron chi connectivity index (χ1n) is 7.24. The zero-order valence-electron chi connectivity index (χ0n) is 11.9. The first-order chi connectivity index (χ1) is 9.13. The van der Waals surface area contributed by atoms with Gasteiger partial charge in [-0.15, -0.1) is 0 Å². The summed E-state index contributed by atoms with van der Waals surface area (Å²) in [6, 6.07) is 6.32. The molecule has 1 heterocycles. The third-order valence-corrected chi connectivity index (χ3v) is 4.12. The minimum Gasteiger partial charge on any atom is -0.478 e. The number of hydrogen-bond acceptors (Lipinski definition) is 2. The summed E-state index contributed by atoms with van der Waals surface area (Å²) in [6.07, 6.45) is 6.24. The van der Waals surface area contributed by atoms with Crippen molar-refractivity contribution in [3.05, 3.63) is 29.3 Å². The smallest absolute Gasteiger partial charge is 0.335 e. The lowest BCUT2D eigenvalue weighted by Crippen LogP contribution is -2.34. The normalized spacial score (nSPS) is 20.1. The molecule has 3 heteroatoms. The van der Waals surface area contributed by atoms with Crippen LogP contribution in [0.15, 0.2) is 18.2 Å². The second-order valence-corrected chi connectivity index (χ2v) is 5.41. The number of carboxylic acids is 1. The summed E-state index contributed by atoms with van der Waals surface area (Å²) in [7, 11) is 0. The molecule has 0 amide bonds. The van der Waals surface area contributed by atoms with Crippen molar-refractivity contribution in [2.45, 2.75) is 52.0 Å². The number of nitrogens with zero attached hydrogens (tertiary/aromatic N) is 1. The molecule has 1 unspecified atom stereocenters. The van der Waals surface area contributed by atoms with Crippen molar-refractivity contribution < 1.29 is 9.90 Å². The van der Waals surface area contributed by atoms with Crippen LogP contribution in [0.3, 0.4) is 0 Å². The summed E-state index contributed by atoms with van der Waals surface area (Å²) < 4.78 is 0. The van der Waals surface area contributed by atoms with E-state index in [0.29, 0.717) is 11.6 Å². The van der Waals surface area contributed by atoms with Crippen molar-refractivity contribution in [3.8, 4) is 0 Å². The molecule has 1 aliphatic heterocycles. The van der Waals surface area contributed by atoms with E-state index in [9.17, 15) is 4.79 Å². The van der Waals surface area contributed by atoms with Crippen LogP contribution < -0.4 is 4.90 Å². The van der Waals surface area contributed by atoms with Gasteiger partial charge >= 0.3 is 5.97 Å². The van der Waals surface area contributed by atoms with E-state index >= 15 is 0 Å². The quantitative estimate of drug-likeness (QED) is 0.898. The topological polar surface area (TPSA) is 40.5 Å². The number of anilines is 1. The van der Waals surface area contributed by atoms with Crippen LogP contribution in [-0.2, 0) is 0 Å². The number of carbonyl (C=O) groups is 1. The van der Waals surface area contributed by atoms with Crippen LogP contribution in [0.4, 0.5) is 5.69 Å². The molecule has 1 aliphatic rings. The number of aromatic carboxylic acids is 1. The summed E-state index contributed by atoms with van der Waals surface area (Å²) in [4.78, 5) is 13.5. The van der Waals surface area contributed by atoms with E-state index in [1.807, 2.05) is 19.1 Å². The van der Waals surface area contributed by atoms with Crippen molar-refractivity contribution in [2.75, 3.05) is 11.4 Å². The van der Waals surface area contributed by atoms with Gasteiger partial charge in [-0.1, -0.05) is 19.8 Å². The van der Waals surface area contributed by atoms with Crippen molar-refractivity contribution in [2.24, 2.45) is 0 Å². The molecule has 1 fully saturated rings. The third-order valence-electron chi connectivity index (χ3n) is 4.12. The third kappa shape index (κ3) is 3.09.